The molecule has 1 aliphatic heterocycles. The molecule has 1 aliphatic carbocycles. The van der Waals surface area contributed by atoms with Crippen LogP contribution in [0.4, 0.5) is 5.69 Å². The maximum Gasteiger partial charge on any atom is 0.174 e. The van der Waals surface area contributed by atoms with Crippen LogP contribution in [0.2, 0.25) is 10.0 Å². The normalized spacial score (nSPS) is 23.2. The van der Waals surface area contributed by atoms with Gasteiger partial charge in [0, 0.05) is 27.2 Å². The van der Waals surface area contributed by atoms with Crippen LogP contribution in [0, 0.1) is 5.92 Å². The van der Waals surface area contributed by atoms with Gasteiger partial charge in [-0.05, 0) is 58.1 Å². The third kappa shape index (κ3) is 2.88. The molecule has 26 heavy (non-hydrogen) atoms. The van der Waals surface area contributed by atoms with Crippen molar-refractivity contribution in [2.24, 2.45) is 5.92 Å². The second kappa shape index (κ2) is 6.99. The summed E-state index contributed by atoms with van der Waals surface area (Å²) in [6.07, 6.45) is 5.49. The molecule has 1 N–H and O–H groups in total. The van der Waals surface area contributed by atoms with Crippen molar-refractivity contribution < 1.29 is 9.47 Å². The number of halogens is 3. The Balaban J connectivity index is 1.82. The van der Waals surface area contributed by atoms with E-state index in [4.69, 9.17) is 32.7 Å². The van der Waals surface area contributed by atoms with E-state index in [1.54, 1.807) is 14.2 Å². The number of hydrogen-bond acceptors (Lipinski definition) is 3. The zero-order chi connectivity index (χ0) is 18.4. The van der Waals surface area contributed by atoms with Crippen LogP contribution in [-0.2, 0) is 0 Å². The fraction of sp³-hybridized carbons (Fsp3) is 0.300. The number of hydrogen-bond donors (Lipinski definition) is 1. The van der Waals surface area contributed by atoms with Crippen molar-refractivity contribution in [1.29, 1.82) is 0 Å². The minimum absolute atomic E-state index is 0.119. The van der Waals surface area contributed by atoms with Gasteiger partial charge >= 0.3 is 0 Å². The molecule has 3 atom stereocenters. The molecule has 3 nitrogen and oxygen atoms in total. The molecule has 2 aliphatic rings. The van der Waals surface area contributed by atoms with Crippen molar-refractivity contribution in [3.05, 3.63) is 62.1 Å². The van der Waals surface area contributed by atoms with Crippen LogP contribution in [0.15, 0.2) is 40.9 Å². The lowest BCUT2D eigenvalue weighted by Crippen LogP contribution is -2.29. The molecule has 0 fully saturated rings. The van der Waals surface area contributed by atoms with E-state index >= 15 is 0 Å². The summed E-state index contributed by atoms with van der Waals surface area (Å²) in [5.41, 5.74) is 3.26. The summed E-state index contributed by atoms with van der Waals surface area (Å²) in [5.74, 6) is 2.05. The molecule has 4 rings (SSSR count). The Morgan fingerprint density at radius 3 is 2.65 bits per heavy atom. The number of rotatable bonds is 3. The molecule has 0 spiro atoms. The minimum atomic E-state index is 0.119. The highest BCUT2D eigenvalue weighted by atomic mass is 79.9. The Morgan fingerprint density at radius 2 is 1.92 bits per heavy atom. The molecule has 0 aromatic heterocycles. The van der Waals surface area contributed by atoms with Gasteiger partial charge in [0.15, 0.2) is 11.5 Å². The van der Waals surface area contributed by atoms with Gasteiger partial charge in [0.05, 0.1) is 24.7 Å². The maximum absolute atomic E-state index is 6.52. The fourth-order valence-electron chi connectivity index (χ4n) is 4.09. The average molecular weight is 455 g/mol. The number of allylic oxidation sites excluding steroid dienone is 2. The van der Waals surface area contributed by atoms with Gasteiger partial charge in [-0.2, -0.15) is 0 Å². The van der Waals surface area contributed by atoms with Crippen LogP contribution in [0.3, 0.4) is 0 Å². The first-order valence-electron chi connectivity index (χ1n) is 8.37. The monoisotopic (exact) mass is 453 g/mol. The molecule has 0 bridgehead atoms. The molecule has 0 saturated heterocycles. The van der Waals surface area contributed by atoms with Crippen LogP contribution in [0.25, 0.3) is 0 Å². The number of ether oxygens (including phenoxy) is 2. The van der Waals surface area contributed by atoms with E-state index in [0.29, 0.717) is 27.5 Å². The fourth-order valence-corrected chi connectivity index (χ4v) is 5.33. The van der Waals surface area contributed by atoms with Crippen molar-refractivity contribution in [3.8, 4) is 11.5 Å². The largest absolute Gasteiger partial charge is 0.493 e. The highest BCUT2D eigenvalue weighted by Crippen LogP contribution is 2.53. The minimum Gasteiger partial charge on any atom is -0.493 e. The first-order valence-corrected chi connectivity index (χ1v) is 9.92. The molecule has 2 unspecified atom stereocenters. The van der Waals surface area contributed by atoms with Crippen molar-refractivity contribution in [1.82, 2.24) is 0 Å². The molecule has 2 aromatic carbocycles. The van der Waals surface area contributed by atoms with E-state index in [2.05, 4.69) is 39.5 Å². The first-order chi connectivity index (χ1) is 12.5. The quantitative estimate of drug-likeness (QED) is 0.530. The Morgan fingerprint density at radius 1 is 1.12 bits per heavy atom. The van der Waals surface area contributed by atoms with E-state index in [1.165, 1.54) is 0 Å². The van der Waals surface area contributed by atoms with Crippen LogP contribution >= 0.6 is 39.1 Å². The van der Waals surface area contributed by atoms with E-state index in [1.807, 2.05) is 18.2 Å². The molecular weight excluding hydrogens is 437 g/mol. The van der Waals surface area contributed by atoms with Gasteiger partial charge in [0.1, 0.15) is 0 Å². The molecular formula is C20H18BrCl2NO2. The predicted molar refractivity (Wildman–Crippen MR) is 110 cm³/mol. The van der Waals surface area contributed by atoms with Gasteiger partial charge in [-0.1, -0.05) is 35.4 Å². The molecule has 1 heterocycles. The van der Waals surface area contributed by atoms with Gasteiger partial charge in [-0.25, -0.2) is 0 Å². The van der Waals surface area contributed by atoms with Gasteiger partial charge in [-0.15, -0.1) is 0 Å². The van der Waals surface area contributed by atoms with Crippen molar-refractivity contribution in [2.45, 2.75) is 18.4 Å². The topological polar surface area (TPSA) is 30.5 Å². The van der Waals surface area contributed by atoms with Crippen LogP contribution in [0.5, 0.6) is 11.5 Å². The van der Waals surface area contributed by atoms with Crippen LogP contribution < -0.4 is 14.8 Å². The number of nitrogens with one attached hydrogen (secondary N) is 1. The van der Waals surface area contributed by atoms with E-state index in [0.717, 1.165) is 27.7 Å². The highest BCUT2D eigenvalue weighted by molar-refractivity contribution is 9.10. The van der Waals surface area contributed by atoms with Gasteiger partial charge in [0.25, 0.3) is 0 Å². The van der Waals surface area contributed by atoms with Crippen LogP contribution in [-0.4, -0.2) is 14.2 Å². The molecule has 0 amide bonds. The Labute approximate surface area is 171 Å². The number of anilines is 1. The maximum atomic E-state index is 6.52. The molecule has 136 valence electrons. The summed E-state index contributed by atoms with van der Waals surface area (Å²) in [6, 6.07) is 8.01. The molecule has 6 heteroatoms. The van der Waals surface area contributed by atoms with E-state index in [-0.39, 0.29) is 12.0 Å². The molecule has 2 aromatic rings. The third-order valence-corrected chi connectivity index (χ3v) is 6.31. The third-order valence-electron chi connectivity index (χ3n) is 5.19. The second-order valence-corrected chi connectivity index (χ2v) is 8.26. The lowest BCUT2D eigenvalue weighted by Gasteiger charge is -2.38. The summed E-state index contributed by atoms with van der Waals surface area (Å²) >= 11 is 16.4. The summed E-state index contributed by atoms with van der Waals surface area (Å²) in [5, 5.41) is 5.01. The number of methoxy groups -OCH3 is 2. The highest BCUT2D eigenvalue weighted by Gasteiger charge is 2.39. The molecule has 0 saturated carbocycles. The van der Waals surface area contributed by atoms with Crippen molar-refractivity contribution in [3.63, 3.8) is 0 Å². The lowest BCUT2D eigenvalue weighted by molar-refractivity contribution is 0.351. The Bertz CT molecular complexity index is 900. The summed E-state index contributed by atoms with van der Waals surface area (Å²) in [6.45, 7) is 0. The zero-order valence-electron chi connectivity index (χ0n) is 14.4. The van der Waals surface area contributed by atoms with Crippen LogP contribution in [0.1, 0.15) is 29.5 Å². The number of benzene rings is 2. The zero-order valence-corrected chi connectivity index (χ0v) is 17.5. The summed E-state index contributed by atoms with van der Waals surface area (Å²) in [4.78, 5) is 0. The average Bonchev–Trinajstić information content (AvgIpc) is 3.09. The molecule has 0 radical (unpaired) electrons. The lowest BCUT2D eigenvalue weighted by atomic mass is 9.77. The standard InChI is InChI=1S/C20H18BrCl2NO2/c1-25-17-7-10(6-14(21)20(17)26-2)19-13-5-3-4-12(13)18-15(23)8-11(22)9-16(18)24-19/h3-4,6-9,12-13,19,24H,5H2,1-2H3/t12?,13?,19-/m1/s1. The smallest absolute Gasteiger partial charge is 0.174 e. The first kappa shape index (κ1) is 18.0. The van der Waals surface area contributed by atoms with E-state index in [9.17, 15) is 0 Å². The number of fused-ring (bicyclic) bond motifs is 3. The second-order valence-electron chi connectivity index (χ2n) is 6.56. The van der Waals surface area contributed by atoms with Gasteiger partial charge in [0.2, 0.25) is 0 Å². The predicted octanol–water partition coefficient (Wildman–Crippen LogP) is 6.60. The summed E-state index contributed by atoms with van der Waals surface area (Å²) in [7, 11) is 3.29. The van der Waals surface area contributed by atoms with Gasteiger partial charge in [-0.3, -0.25) is 0 Å². The Hall–Kier alpha value is -1.36. The van der Waals surface area contributed by atoms with Crippen molar-refractivity contribution in [2.75, 3.05) is 19.5 Å². The van der Waals surface area contributed by atoms with E-state index < -0.39 is 0 Å². The van der Waals surface area contributed by atoms with Crippen molar-refractivity contribution >= 4 is 44.8 Å². The van der Waals surface area contributed by atoms with Gasteiger partial charge < -0.3 is 14.8 Å². The Kier molecular flexibility index (Phi) is 4.84. The SMILES string of the molecule is COc1cc([C@H]2Nc3cc(Cl)cc(Cl)c3C3C=CCC32)cc(Br)c1OC. The summed E-state index contributed by atoms with van der Waals surface area (Å²) < 4.78 is 11.8.